The number of hydrogen-bond acceptors (Lipinski definition) is 7. The van der Waals surface area contributed by atoms with Crippen LogP contribution in [0.5, 0.6) is 0 Å². The van der Waals surface area contributed by atoms with Gasteiger partial charge in [-0.25, -0.2) is 8.61 Å². The van der Waals surface area contributed by atoms with Crippen molar-refractivity contribution in [3.05, 3.63) is 56.6 Å². The molecule has 2 aromatic rings. The maximum atomic E-state index is 13.1. The molecule has 0 radical (unpaired) electrons. The number of rotatable bonds is 8. The topological polar surface area (TPSA) is 86.8 Å². The highest BCUT2D eigenvalue weighted by Gasteiger charge is 2.46. The first-order chi connectivity index (χ1) is 14.0. The number of hydrogen-bond donors (Lipinski definition) is 1. The molecular weight excluding hydrogens is 430 g/mol. The minimum atomic E-state index is -4.22. The molecule has 0 aromatic carbocycles. The predicted molar refractivity (Wildman–Crippen MR) is 113 cm³/mol. The SMILES string of the molecule is O=C1C(=CNC2CC2)C(=O)N(CCc2cccs2)S(=O)(=O)N1CCc1cccs1. The Morgan fingerprint density at radius 3 is 1.90 bits per heavy atom. The molecule has 0 spiro atoms. The third-order valence-corrected chi connectivity index (χ3v) is 8.48. The van der Waals surface area contributed by atoms with E-state index in [0.717, 1.165) is 31.2 Å². The van der Waals surface area contributed by atoms with Gasteiger partial charge in [0.15, 0.2) is 0 Å². The second-order valence-corrected chi connectivity index (χ2v) is 10.8. The Labute approximate surface area is 177 Å². The maximum absolute atomic E-state index is 13.1. The van der Waals surface area contributed by atoms with E-state index in [9.17, 15) is 18.0 Å². The molecule has 2 aromatic heterocycles. The molecule has 1 N–H and O–H groups in total. The van der Waals surface area contributed by atoms with E-state index in [2.05, 4.69) is 5.32 Å². The fourth-order valence-corrected chi connectivity index (χ4v) is 5.92. The van der Waals surface area contributed by atoms with Crippen LogP contribution in [0.3, 0.4) is 0 Å². The van der Waals surface area contributed by atoms with Gasteiger partial charge >= 0.3 is 10.2 Å². The van der Waals surface area contributed by atoms with Gasteiger partial charge in [0.2, 0.25) is 0 Å². The molecule has 29 heavy (non-hydrogen) atoms. The van der Waals surface area contributed by atoms with E-state index in [1.54, 1.807) is 0 Å². The standard InChI is InChI=1S/C19H21N3O4S3/c23-18-17(13-20-14-5-6-14)19(24)22(10-8-16-4-2-12-28-16)29(25,26)21(18)9-7-15-3-1-11-27-15/h1-4,11-14,20H,5-10H2. The van der Waals surface area contributed by atoms with Crippen molar-refractivity contribution < 1.29 is 18.0 Å². The van der Waals surface area contributed by atoms with Gasteiger partial charge in [-0.3, -0.25) is 9.59 Å². The molecule has 1 saturated carbocycles. The lowest BCUT2D eigenvalue weighted by atomic mass is 10.2. The Balaban J connectivity index is 1.59. The van der Waals surface area contributed by atoms with Crippen LogP contribution >= 0.6 is 22.7 Å². The molecule has 0 atom stereocenters. The molecule has 7 nitrogen and oxygen atoms in total. The summed E-state index contributed by atoms with van der Waals surface area (Å²) >= 11 is 3.01. The van der Waals surface area contributed by atoms with E-state index in [4.69, 9.17) is 0 Å². The molecule has 10 heteroatoms. The molecule has 2 aliphatic rings. The number of carbonyl (C=O) groups excluding carboxylic acids is 2. The van der Waals surface area contributed by atoms with Gasteiger partial charge in [0.25, 0.3) is 11.8 Å². The molecule has 2 fully saturated rings. The lowest BCUT2D eigenvalue weighted by Gasteiger charge is -2.35. The minimum absolute atomic E-state index is 0.00519. The Bertz CT molecular complexity index is 943. The Kier molecular flexibility index (Phi) is 5.75. The summed E-state index contributed by atoms with van der Waals surface area (Å²) in [4.78, 5) is 27.8. The highest BCUT2D eigenvalue weighted by atomic mass is 32.2. The Hall–Kier alpha value is -2.17. The first-order valence-electron chi connectivity index (χ1n) is 9.37. The molecular formula is C19H21N3O4S3. The van der Waals surface area contributed by atoms with Crippen molar-refractivity contribution in [2.45, 2.75) is 31.7 Å². The molecule has 154 valence electrons. The van der Waals surface area contributed by atoms with Crippen LogP contribution in [-0.4, -0.2) is 48.0 Å². The van der Waals surface area contributed by atoms with Crippen LogP contribution in [0, 0.1) is 0 Å². The minimum Gasteiger partial charge on any atom is -0.387 e. The van der Waals surface area contributed by atoms with Crippen molar-refractivity contribution in [2.24, 2.45) is 0 Å². The Morgan fingerprint density at radius 1 is 0.966 bits per heavy atom. The molecule has 4 rings (SSSR count). The molecule has 3 heterocycles. The molecule has 1 aliphatic carbocycles. The summed E-state index contributed by atoms with van der Waals surface area (Å²) in [7, 11) is -4.22. The molecule has 0 bridgehead atoms. The third-order valence-electron chi connectivity index (χ3n) is 4.79. The summed E-state index contributed by atoms with van der Waals surface area (Å²) in [6.45, 7) is 0.0104. The summed E-state index contributed by atoms with van der Waals surface area (Å²) in [5.74, 6) is -1.51. The first kappa shape index (κ1) is 20.1. The van der Waals surface area contributed by atoms with Crippen LogP contribution in [0.2, 0.25) is 0 Å². The van der Waals surface area contributed by atoms with E-state index in [1.165, 1.54) is 28.9 Å². The highest BCUT2D eigenvalue weighted by Crippen LogP contribution is 2.26. The van der Waals surface area contributed by atoms with Crippen LogP contribution < -0.4 is 5.32 Å². The highest BCUT2D eigenvalue weighted by molar-refractivity contribution is 7.88. The van der Waals surface area contributed by atoms with Crippen molar-refractivity contribution in [1.29, 1.82) is 0 Å². The van der Waals surface area contributed by atoms with Crippen LogP contribution in [0.15, 0.2) is 46.8 Å². The lowest BCUT2D eigenvalue weighted by molar-refractivity contribution is -0.131. The van der Waals surface area contributed by atoms with Gasteiger partial charge in [-0.05, 0) is 35.7 Å². The number of thiophene rings is 2. The number of carbonyl (C=O) groups is 2. The van der Waals surface area contributed by atoms with E-state index < -0.39 is 22.0 Å². The smallest absolute Gasteiger partial charge is 0.331 e. The van der Waals surface area contributed by atoms with E-state index >= 15 is 0 Å². The lowest BCUT2D eigenvalue weighted by Crippen LogP contribution is -2.57. The van der Waals surface area contributed by atoms with Crippen molar-refractivity contribution in [3.63, 3.8) is 0 Å². The van der Waals surface area contributed by atoms with E-state index in [1.807, 2.05) is 35.0 Å². The van der Waals surface area contributed by atoms with Crippen LogP contribution in [-0.2, 0) is 32.6 Å². The molecule has 2 amide bonds. The van der Waals surface area contributed by atoms with E-state index in [0.29, 0.717) is 12.8 Å². The monoisotopic (exact) mass is 451 g/mol. The first-order valence-corrected chi connectivity index (χ1v) is 12.5. The summed E-state index contributed by atoms with van der Waals surface area (Å²) in [6, 6.07) is 7.82. The fraction of sp³-hybridized carbons (Fsp3) is 0.368. The van der Waals surface area contributed by atoms with Crippen LogP contribution in [0.1, 0.15) is 22.6 Å². The van der Waals surface area contributed by atoms with Crippen LogP contribution in [0.25, 0.3) is 0 Å². The van der Waals surface area contributed by atoms with Gasteiger partial charge < -0.3 is 5.32 Å². The largest absolute Gasteiger partial charge is 0.387 e. The molecule has 1 aliphatic heterocycles. The second-order valence-electron chi connectivity index (χ2n) is 6.92. The van der Waals surface area contributed by atoms with Gasteiger partial charge in [0.1, 0.15) is 5.57 Å². The zero-order chi connectivity index (χ0) is 20.4. The molecule has 1 saturated heterocycles. The summed E-state index contributed by atoms with van der Waals surface area (Å²) in [5, 5.41) is 6.86. The van der Waals surface area contributed by atoms with E-state index in [-0.39, 0.29) is 24.7 Å². The summed E-state index contributed by atoms with van der Waals surface area (Å²) in [5.41, 5.74) is -0.121. The molecule has 0 unspecified atom stereocenters. The average Bonchev–Trinajstić information content (AvgIpc) is 3.13. The van der Waals surface area contributed by atoms with Crippen molar-refractivity contribution in [1.82, 2.24) is 13.9 Å². The quantitative estimate of drug-likeness (QED) is 0.491. The van der Waals surface area contributed by atoms with Gasteiger partial charge in [0.05, 0.1) is 0 Å². The zero-order valence-electron chi connectivity index (χ0n) is 15.6. The third kappa shape index (κ3) is 4.39. The van der Waals surface area contributed by atoms with Crippen molar-refractivity contribution in [2.75, 3.05) is 13.1 Å². The Morgan fingerprint density at radius 2 is 1.48 bits per heavy atom. The maximum Gasteiger partial charge on any atom is 0.331 e. The average molecular weight is 452 g/mol. The van der Waals surface area contributed by atoms with Gasteiger partial charge in [-0.1, -0.05) is 12.1 Å². The van der Waals surface area contributed by atoms with Crippen molar-refractivity contribution in [3.8, 4) is 0 Å². The summed E-state index contributed by atoms with van der Waals surface area (Å²) in [6.07, 6.45) is 4.19. The summed E-state index contributed by atoms with van der Waals surface area (Å²) < 4.78 is 27.9. The van der Waals surface area contributed by atoms with Crippen LogP contribution in [0.4, 0.5) is 0 Å². The predicted octanol–water partition coefficient (Wildman–Crippen LogP) is 2.15. The number of nitrogens with one attached hydrogen (secondary N) is 1. The normalized spacial score (nSPS) is 19.0. The second kappa shape index (κ2) is 8.29. The van der Waals surface area contributed by atoms with Crippen molar-refractivity contribution >= 4 is 44.7 Å². The fourth-order valence-electron chi connectivity index (χ4n) is 3.03. The number of nitrogens with zero attached hydrogens (tertiary/aromatic N) is 2. The number of amides is 2. The zero-order valence-corrected chi connectivity index (χ0v) is 18.1. The van der Waals surface area contributed by atoms with Gasteiger partial charge in [-0.15, -0.1) is 22.7 Å². The van der Waals surface area contributed by atoms with Gasteiger partial charge in [-0.2, -0.15) is 8.42 Å². The van der Waals surface area contributed by atoms with Gasteiger partial charge in [0, 0.05) is 47.9 Å².